The third kappa shape index (κ3) is 4.54. The number of hydrogen-bond donors (Lipinski definition) is 2. The van der Waals surface area contributed by atoms with Gasteiger partial charge in [0.05, 0.1) is 18.6 Å². The van der Waals surface area contributed by atoms with Crippen LogP contribution in [0, 0.1) is 11.6 Å². The zero-order chi connectivity index (χ0) is 15.1. The molecule has 1 aromatic carbocycles. The van der Waals surface area contributed by atoms with Gasteiger partial charge in [-0.2, -0.15) is 0 Å². The first-order valence-corrected chi connectivity index (χ1v) is 6.36. The maximum atomic E-state index is 13.5. The maximum absolute atomic E-state index is 13.5. The molecule has 20 heavy (non-hydrogen) atoms. The third-order valence-electron chi connectivity index (χ3n) is 2.96. The van der Waals surface area contributed by atoms with Crippen molar-refractivity contribution in [2.45, 2.75) is 25.4 Å². The molecule has 4 nitrogen and oxygen atoms in total. The number of carbonyl (C=O) groups excluding carboxylic acids is 1. The van der Waals surface area contributed by atoms with Crippen LogP contribution in [0.25, 0.3) is 0 Å². The van der Waals surface area contributed by atoms with Gasteiger partial charge < -0.3 is 15.2 Å². The molecule has 0 aromatic heterocycles. The van der Waals surface area contributed by atoms with Gasteiger partial charge in [-0.25, -0.2) is 8.78 Å². The molecule has 0 aliphatic carbocycles. The van der Waals surface area contributed by atoms with Gasteiger partial charge in [-0.3, -0.25) is 4.79 Å². The van der Waals surface area contributed by atoms with Crippen molar-refractivity contribution >= 4 is 5.91 Å². The van der Waals surface area contributed by atoms with Gasteiger partial charge in [0, 0.05) is 19.2 Å². The predicted octanol–water partition coefficient (Wildman–Crippen LogP) is 1.58. The minimum Gasteiger partial charge on any atom is -0.391 e. The van der Waals surface area contributed by atoms with Crippen LogP contribution < -0.4 is 5.32 Å². The van der Waals surface area contributed by atoms with Gasteiger partial charge in [0.2, 0.25) is 5.91 Å². The van der Waals surface area contributed by atoms with Gasteiger partial charge in [-0.15, -0.1) is 0 Å². The van der Waals surface area contributed by atoms with Crippen molar-refractivity contribution in [3.63, 3.8) is 0 Å². The average Bonchev–Trinajstić information content (AvgIpc) is 2.38. The molecule has 6 heteroatoms. The molecule has 2 atom stereocenters. The number of ether oxygens (including phenoxy) is 1. The molecule has 1 rings (SSSR count). The summed E-state index contributed by atoms with van der Waals surface area (Å²) in [7, 11) is 1.46. The number of rotatable bonds is 7. The van der Waals surface area contributed by atoms with Crippen LogP contribution in [0.15, 0.2) is 18.2 Å². The third-order valence-corrected chi connectivity index (χ3v) is 2.96. The van der Waals surface area contributed by atoms with Gasteiger partial charge in [0.1, 0.15) is 11.6 Å². The van der Waals surface area contributed by atoms with E-state index in [1.807, 2.05) is 0 Å². The smallest absolute Gasteiger partial charge is 0.227 e. The number of amides is 1. The average molecular weight is 287 g/mol. The lowest BCUT2D eigenvalue weighted by molar-refractivity contribution is -0.122. The van der Waals surface area contributed by atoms with E-state index < -0.39 is 29.6 Å². The van der Waals surface area contributed by atoms with Crippen LogP contribution >= 0.6 is 0 Å². The standard InChI is InChI=1S/C14H19F2NO3/c1-9(13-11(15)4-3-5-12(13)16)14(19)17-7-6-10(18)8-20-2/h3-5,9-10,18H,6-8H2,1-2H3,(H,17,19). The molecular weight excluding hydrogens is 268 g/mol. The largest absolute Gasteiger partial charge is 0.391 e. The molecule has 0 bridgehead atoms. The number of nitrogens with one attached hydrogen (secondary N) is 1. The molecule has 0 fully saturated rings. The molecule has 0 spiro atoms. The minimum atomic E-state index is -0.934. The summed E-state index contributed by atoms with van der Waals surface area (Å²) in [5.74, 6) is -2.91. The lowest BCUT2D eigenvalue weighted by atomic mass is 9.99. The summed E-state index contributed by atoms with van der Waals surface area (Å²) >= 11 is 0. The van der Waals surface area contributed by atoms with Crippen molar-refractivity contribution in [2.24, 2.45) is 0 Å². The number of carbonyl (C=O) groups is 1. The molecule has 0 heterocycles. The Morgan fingerprint density at radius 1 is 1.40 bits per heavy atom. The Bertz CT molecular complexity index is 434. The van der Waals surface area contributed by atoms with E-state index in [-0.39, 0.29) is 18.7 Å². The van der Waals surface area contributed by atoms with Crippen LogP contribution in [0.5, 0.6) is 0 Å². The molecule has 0 aliphatic heterocycles. The molecule has 1 amide bonds. The monoisotopic (exact) mass is 287 g/mol. The highest BCUT2D eigenvalue weighted by Crippen LogP contribution is 2.22. The van der Waals surface area contributed by atoms with Crippen molar-refractivity contribution in [3.8, 4) is 0 Å². The Hall–Kier alpha value is -1.53. The van der Waals surface area contributed by atoms with Crippen LogP contribution in [-0.4, -0.2) is 37.4 Å². The fourth-order valence-electron chi connectivity index (χ4n) is 1.85. The van der Waals surface area contributed by atoms with Crippen LogP contribution in [-0.2, 0) is 9.53 Å². The van der Waals surface area contributed by atoms with Crippen molar-refractivity contribution in [3.05, 3.63) is 35.4 Å². The fraction of sp³-hybridized carbons (Fsp3) is 0.500. The summed E-state index contributed by atoms with van der Waals surface area (Å²) in [6.07, 6.45) is -0.368. The molecule has 0 saturated carbocycles. The molecule has 112 valence electrons. The van der Waals surface area contributed by atoms with Crippen molar-refractivity contribution in [1.82, 2.24) is 5.32 Å². The van der Waals surface area contributed by atoms with Gasteiger partial charge in [0.25, 0.3) is 0 Å². The van der Waals surface area contributed by atoms with E-state index in [2.05, 4.69) is 5.32 Å². The lowest BCUT2D eigenvalue weighted by Crippen LogP contribution is -2.32. The van der Waals surface area contributed by atoms with Crippen molar-refractivity contribution in [2.75, 3.05) is 20.3 Å². The lowest BCUT2D eigenvalue weighted by Gasteiger charge is -2.15. The van der Waals surface area contributed by atoms with Gasteiger partial charge >= 0.3 is 0 Å². The molecule has 1 aromatic rings. The van der Waals surface area contributed by atoms with Crippen LogP contribution in [0.3, 0.4) is 0 Å². The number of hydrogen-bond acceptors (Lipinski definition) is 3. The van der Waals surface area contributed by atoms with Gasteiger partial charge in [-0.1, -0.05) is 6.07 Å². The Morgan fingerprint density at radius 3 is 2.55 bits per heavy atom. The molecule has 0 radical (unpaired) electrons. The number of methoxy groups -OCH3 is 1. The highest BCUT2D eigenvalue weighted by Gasteiger charge is 2.22. The van der Waals surface area contributed by atoms with E-state index in [0.29, 0.717) is 6.42 Å². The molecule has 2 N–H and O–H groups in total. The summed E-state index contributed by atoms with van der Waals surface area (Å²) in [5, 5.41) is 11.9. The predicted molar refractivity (Wildman–Crippen MR) is 70.3 cm³/mol. The Kier molecular flexibility index (Phi) is 6.54. The highest BCUT2D eigenvalue weighted by molar-refractivity contribution is 5.83. The summed E-state index contributed by atoms with van der Waals surface area (Å²) in [6, 6.07) is 3.48. The molecule has 2 unspecified atom stereocenters. The maximum Gasteiger partial charge on any atom is 0.227 e. The second kappa shape index (κ2) is 7.91. The minimum absolute atomic E-state index is 0.174. The van der Waals surface area contributed by atoms with Gasteiger partial charge in [-0.05, 0) is 25.5 Å². The van der Waals surface area contributed by atoms with E-state index in [0.717, 1.165) is 12.1 Å². The normalized spacial score (nSPS) is 13.8. The Morgan fingerprint density at radius 2 is 2.00 bits per heavy atom. The Balaban J connectivity index is 2.55. The number of halogens is 2. The summed E-state index contributed by atoms with van der Waals surface area (Å²) in [6.45, 7) is 1.82. The molecule has 0 saturated heterocycles. The Labute approximate surface area is 116 Å². The van der Waals surface area contributed by atoms with E-state index >= 15 is 0 Å². The van der Waals surface area contributed by atoms with Crippen molar-refractivity contribution < 1.29 is 23.4 Å². The zero-order valence-corrected chi connectivity index (χ0v) is 11.5. The van der Waals surface area contributed by atoms with Crippen LogP contribution in [0.1, 0.15) is 24.8 Å². The summed E-state index contributed by atoms with van der Waals surface area (Å²) in [4.78, 5) is 11.8. The molecule has 0 aliphatic rings. The number of aliphatic hydroxyl groups is 1. The SMILES string of the molecule is COCC(O)CCNC(=O)C(C)c1c(F)cccc1F. The van der Waals surface area contributed by atoms with E-state index in [9.17, 15) is 18.7 Å². The first-order valence-electron chi connectivity index (χ1n) is 6.36. The second-order valence-corrected chi connectivity index (χ2v) is 4.55. The van der Waals surface area contributed by atoms with Crippen LogP contribution in [0.4, 0.5) is 8.78 Å². The first-order chi connectivity index (χ1) is 9.47. The number of aliphatic hydroxyl groups excluding tert-OH is 1. The van der Waals surface area contributed by atoms with E-state index in [1.54, 1.807) is 0 Å². The van der Waals surface area contributed by atoms with Crippen LogP contribution in [0.2, 0.25) is 0 Å². The highest BCUT2D eigenvalue weighted by atomic mass is 19.1. The quantitative estimate of drug-likeness (QED) is 0.800. The first kappa shape index (κ1) is 16.5. The molecular formula is C14H19F2NO3. The number of benzene rings is 1. The van der Waals surface area contributed by atoms with E-state index in [1.165, 1.54) is 20.1 Å². The van der Waals surface area contributed by atoms with Crippen molar-refractivity contribution in [1.29, 1.82) is 0 Å². The topological polar surface area (TPSA) is 58.6 Å². The second-order valence-electron chi connectivity index (χ2n) is 4.55. The zero-order valence-electron chi connectivity index (χ0n) is 11.5. The van der Waals surface area contributed by atoms with Gasteiger partial charge in [0.15, 0.2) is 0 Å². The fourth-order valence-corrected chi connectivity index (χ4v) is 1.85. The summed E-state index contributed by atoms with van der Waals surface area (Å²) in [5.41, 5.74) is -0.248. The summed E-state index contributed by atoms with van der Waals surface area (Å²) < 4.78 is 31.8. The van der Waals surface area contributed by atoms with E-state index in [4.69, 9.17) is 4.74 Å².